The zero-order valence-corrected chi connectivity index (χ0v) is 18.7. The van der Waals surface area contributed by atoms with Crippen LogP contribution >= 0.6 is 12.4 Å². The third-order valence-electron chi connectivity index (χ3n) is 8.58. The van der Waals surface area contributed by atoms with Crippen LogP contribution in [0, 0.1) is 11.8 Å². The predicted octanol–water partition coefficient (Wildman–Crippen LogP) is 4.17. The van der Waals surface area contributed by atoms with Gasteiger partial charge in [-0.15, -0.1) is 12.4 Å². The number of hydrogen-bond acceptors (Lipinski definition) is 4. The molecule has 1 aliphatic heterocycles. The van der Waals surface area contributed by atoms with Crippen LogP contribution in [0.25, 0.3) is 0 Å². The van der Waals surface area contributed by atoms with Crippen molar-refractivity contribution in [3.63, 3.8) is 0 Å². The highest BCUT2D eigenvalue weighted by molar-refractivity contribution is 5.85. The lowest BCUT2D eigenvalue weighted by Gasteiger charge is -2.67. The quantitative estimate of drug-likeness (QED) is 0.734. The maximum atomic E-state index is 12.9. The topological polar surface area (TPSA) is 38.8 Å². The first kappa shape index (κ1) is 21.1. The van der Waals surface area contributed by atoms with Crippen molar-refractivity contribution in [3.8, 4) is 5.75 Å². The molecule has 4 atom stereocenters. The van der Waals surface area contributed by atoms with Crippen molar-refractivity contribution in [2.75, 3.05) is 27.3 Å². The Kier molecular flexibility index (Phi) is 5.50. The van der Waals surface area contributed by atoms with E-state index in [0.717, 1.165) is 31.1 Å². The smallest absolute Gasteiger partial charge is 0.134 e. The molecule has 0 radical (unpaired) electrons. The van der Waals surface area contributed by atoms with E-state index < -0.39 is 0 Å². The van der Waals surface area contributed by atoms with E-state index in [1.807, 2.05) is 7.11 Å². The van der Waals surface area contributed by atoms with Crippen LogP contribution in [0.3, 0.4) is 0 Å². The minimum atomic E-state index is -0.289. The molecular formula is C24H34ClNO3. The second-order valence-electron chi connectivity index (χ2n) is 9.68. The number of benzene rings is 1. The molecule has 0 spiro atoms. The first-order chi connectivity index (χ1) is 13.5. The number of likely N-dealkylation sites (tertiary alicyclic amines) is 1. The SMILES string of the molecule is COc1ccc2c(c1)[C@]13CCN(CC4CCC4)[C@H](C2)[C@]1(OC)[C@H](C)CC(=O)C3.Cl. The number of halogens is 1. The Morgan fingerprint density at radius 2 is 2.00 bits per heavy atom. The molecule has 0 aromatic heterocycles. The number of rotatable bonds is 4. The van der Waals surface area contributed by atoms with Gasteiger partial charge in [-0.2, -0.15) is 0 Å². The second kappa shape index (κ2) is 7.55. The Balaban J connectivity index is 0.00000205. The third-order valence-corrected chi connectivity index (χ3v) is 8.58. The Labute approximate surface area is 180 Å². The van der Waals surface area contributed by atoms with Gasteiger partial charge >= 0.3 is 0 Å². The number of ether oxygens (including phenoxy) is 2. The molecule has 29 heavy (non-hydrogen) atoms. The van der Waals surface area contributed by atoms with Crippen LogP contribution in [0.5, 0.6) is 5.75 Å². The van der Waals surface area contributed by atoms with E-state index in [9.17, 15) is 4.79 Å². The van der Waals surface area contributed by atoms with Crippen molar-refractivity contribution >= 4 is 18.2 Å². The fraction of sp³-hybridized carbons (Fsp3) is 0.708. The molecule has 1 aromatic rings. The van der Waals surface area contributed by atoms with Crippen LogP contribution < -0.4 is 4.74 Å². The molecule has 4 aliphatic rings. The Morgan fingerprint density at radius 3 is 2.66 bits per heavy atom. The summed E-state index contributed by atoms with van der Waals surface area (Å²) in [6.07, 6.45) is 7.39. The molecule has 4 nitrogen and oxygen atoms in total. The van der Waals surface area contributed by atoms with Crippen LogP contribution in [-0.2, 0) is 21.4 Å². The van der Waals surface area contributed by atoms with Gasteiger partial charge in [-0.1, -0.05) is 19.4 Å². The van der Waals surface area contributed by atoms with Crippen molar-refractivity contribution in [2.45, 2.75) is 68.9 Å². The molecule has 0 amide bonds. The Morgan fingerprint density at radius 1 is 1.21 bits per heavy atom. The normalized spacial score (nSPS) is 36.4. The van der Waals surface area contributed by atoms with Crippen molar-refractivity contribution in [1.29, 1.82) is 0 Å². The zero-order valence-electron chi connectivity index (χ0n) is 17.9. The molecule has 2 bridgehead atoms. The van der Waals surface area contributed by atoms with Gasteiger partial charge < -0.3 is 9.47 Å². The Bertz CT molecular complexity index is 794. The molecular weight excluding hydrogens is 386 g/mol. The number of Topliss-reactive ketones (excluding diaryl/α,β-unsaturated/α-hetero) is 1. The van der Waals surface area contributed by atoms with Crippen LogP contribution in [-0.4, -0.2) is 49.6 Å². The minimum Gasteiger partial charge on any atom is -0.497 e. The standard InChI is InChI=1S/C24H33NO3.ClH/c1-16-11-19(26)14-23-9-10-25(15-17-5-4-6-17)22(24(16,23)28-3)12-18-7-8-20(27-2)13-21(18)23;/h7-8,13,16-17,22H,4-6,9-12,14-15H2,1-3H3;1H/t16-,22-,23-,24-;/m1./s1. The van der Waals surface area contributed by atoms with Crippen molar-refractivity contribution in [2.24, 2.45) is 11.8 Å². The van der Waals surface area contributed by atoms with Crippen molar-refractivity contribution < 1.29 is 14.3 Å². The fourth-order valence-corrected chi connectivity index (χ4v) is 7.20. The lowest BCUT2D eigenvalue weighted by molar-refractivity contribution is -0.211. The number of piperidine rings is 1. The second-order valence-corrected chi connectivity index (χ2v) is 9.68. The minimum absolute atomic E-state index is 0. The molecule has 0 unspecified atom stereocenters. The van der Waals surface area contributed by atoms with Crippen LogP contribution in [0.1, 0.15) is 56.6 Å². The van der Waals surface area contributed by atoms with Crippen molar-refractivity contribution in [3.05, 3.63) is 29.3 Å². The maximum Gasteiger partial charge on any atom is 0.134 e. The van der Waals surface area contributed by atoms with Gasteiger partial charge in [0.25, 0.3) is 0 Å². The summed E-state index contributed by atoms with van der Waals surface area (Å²) in [5.41, 5.74) is 2.19. The first-order valence-electron chi connectivity index (χ1n) is 11.0. The molecule has 1 saturated heterocycles. The largest absolute Gasteiger partial charge is 0.497 e. The fourth-order valence-electron chi connectivity index (χ4n) is 7.20. The summed E-state index contributed by atoms with van der Waals surface area (Å²) >= 11 is 0. The first-order valence-corrected chi connectivity index (χ1v) is 11.0. The van der Waals surface area contributed by atoms with E-state index in [4.69, 9.17) is 9.47 Å². The highest BCUT2D eigenvalue weighted by atomic mass is 35.5. The van der Waals surface area contributed by atoms with Gasteiger partial charge in [-0.3, -0.25) is 9.69 Å². The van der Waals surface area contributed by atoms with Crippen LogP contribution in [0.15, 0.2) is 18.2 Å². The van der Waals surface area contributed by atoms with Gasteiger partial charge in [0.15, 0.2) is 0 Å². The van der Waals surface area contributed by atoms with Gasteiger partial charge in [0, 0.05) is 38.0 Å². The number of fused-ring (bicyclic) bond motifs is 1. The third kappa shape index (κ3) is 2.82. The molecule has 3 fully saturated rings. The molecule has 2 saturated carbocycles. The number of hydrogen-bond donors (Lipinski definition) is 0. The molecule has 3 aliphatic carbocycles. The monoisotopic (exact) mass is 419 g/mol. The highest BCUT2D eigenvalue weighted by Crippen LogP contribution is 2.61. The number of ketones is 1. The molecule has 5 rings (SSSR count). The molecule has 1 heterocycles. The van der Waals surface area contributed by atoms with E-state index in [1.54, 1.807) is 7.11 Å². The van der Waals surface area contributed by atoms with Crippen LogP contribution in [0.2, 0.25) is 0 Å². The summed E-state index contributed by atoms with van der Waals surface area (Å²) in [6.45, 7) is 4.52. The van der Waals surface area contributed by atoms with E-state index in [1.165, 1.54) is 36.9 Å². The highest BCUT2D eigenvalue weighted by Gasteiger charge is 2.68. The Hall–Kier alpha value is -1.10. The number of methoxy groups -OCH3 is 2. The zero-order chi connectivity index (χ0) is 19.5. The summed E-state index contributed by atoms with van der Waals surface area (Å²) in [5.74, 6) is 2.35. The summed E-state index contributed by atoms with van der Waals surface area (Å²) in [7, 11) is 3.62. The van der Waals surface area contributed by atoms with Gasteiger partial charge in [0.2, 0.25) is 0 Å². The van der Waals surface area contributed by atoms with Gasteiger partial charge in [-0.25, -0.2) is 0 Å². The van der Waals surface area contributed by atoms with Gasteiger partial charge in [0.1, 0.15) is 11.5 Å². The lowest BCUT2D eigenvalue weighted by Crippen LogP contribution is -2.76. The predicted molar refractivity (Wildman–Crippen MR) is 116 cm³/mol. The van der Waals surface area contributed by atoms with E-state index in [0.29, 0.717) is 24.7 Å². The average molecular weight is 420 g/mol. The van der Waals surface area contributed by atoms with Crippen LogP contribution in [0.4, 0.5) is 0 Å². The number of carbonyl (C=O) groups is 1. The summed E-state index contributed by atoms with van der Waals surface area (Å²) in [5, 5.41) is 0. The molecule has 160 valence electrons. The lowest BCUT2D eigenvalue weighted by atomic mass is 9.46. The van der Waals surface area contributed by atoms with E-state index in [-0.39, 0.29) is 29.3 Å². The average Bonchev–Trinajstić information content (AvgIpc) is 2.65. The molecule has 5 heteroatoms. The number of nitrogens with zero attached hydrogens (tertiary/aromatic N) is 1. The maximum absolute atomic E-state index is 12.9. The van der Waals surface area contributed by atoms with E-state index in [2.05, 4.69) is 30.0 Å². The summed E-state index contributed by atoms with van der Waals surface area (Å²) in [4.78, 5) is 15.6. The van der Waals surface area contributed by atoms with Gasteiger partial charge in [-0.05, 0) is 67.3 Å². The van der Waals surface area contributed by atoms with Gasteiger partial charge in [0.05, 0.1) is 12.7 Å². The van der Waals surface area contributed by atoms with Crippen molar-refractivity contribution in [1.82, 2.24) is 4.90 Å². The number of carbonyl (C=O) groups excluding carboxylic acids is 1. The summed E-state index contributed by atoms with van der Waals surface area (Å²) in [6, 6.07) is 6.87. The molecule has 0 N–H and O–H groups in total. The van der Waals surface area contributed by atoms with E-state index >= 15 is 0 Å². The molecule has 1 aromatic carbocycles. The summed E-state index contributed by atoms with van der Waals surface area (Å²) < 4.78 is 12.1.